The Bertz CT molecular complexity index is 801. The van der Waals surface area contributed by atoms with Crippen LogP contribution in [-0.4, -0.2) is 26.0 Å². The van der Waals surface area contributed by atoms with Crippen LogP contribution in [0.2, 0.25) is 0 Å². The second kappa shape index (κ2) is 7.47. The number of hydrogen-bond acceptors (Lipinski definition) is 4. The fourth-order valence-corrected chi connectivity index (χ4v) is 2.79. The minimum atomic E-state index is -0.984. The highest BCUT2D eigenvalue weighted by Gasteiger charge is 2.56. The molecule has 0 aromatic heterocycles. The first-order valence-electron chi connectivity index (χ1n) is 8.45. The molecule has 2 N–H and O–H groups in total. The van der Waals surface area contributed by atoms with Gasteiger partial charge in [-0.1, -0.05) is 30.3 Å². The number of amides is 2. The minimum absolute atomic E-state index is 0.237. The third kappa shape index (κ3) is 3.64. The number of ether oxygens (including phenoxy) is 2. The predicted molar refractivity (Wildman–Crippen MR) is 98.1 cm³/mol. The van der Waals surface area contributed by atoms with Crippen LogP contribution in [0.1, 0.15) is 18.4 Å². The second-order valence-corrected chi connectivity index (χ2v) is 6.27. The highest BCUT2D eigenvalue weighted by molar-refractivity contribution is 6.13. The van der Waals surface area contributed by atoms with Crippen LogP contribution in [0, 0.1) is 5.41 Å². The molecule has 2 aromatic rings. The van der Waals surface area contributed by atoms with Gasteiger partial charge in [0.05, 0.1) is 14.2 Å². The van der Waals surface area contributed by atoms with Crippen molar-refractivity contribution in [1.82, 2.24) is 5.32 Å². The molecule has 1 fully saturated rings. The van der Waals surface area contributed by atoms with Gasteiger partial charge in [0.25, 0.3) is 0 Å². The lowest BCUT2D eigenvalue weighted by molar-refractivity contribution is -0.134. The van der Waals surface area contributed by atoms with Gasteiger partial charge in [-0.3, -0.25) is 9.59 Å². The Balaban J connectivity index is 1.64. The Morgan fingerprint density at radius 3 is 2.27 bits per heavy atom. The van der Waals surface area contributed by atoms with Gasteiger partial charge in [-0.25, -0.2) is 0 Å². The lowest BCUT2D eigenvalue weighted by Crippen LogP contribution is -2.39. The number of hydrogen-bond donors (Lipinski definition) is 2. The summed E-state index contributed by atoms with van der Waals surface area (Å²) >= 11 is 0. The number of nitrogens with one attached hydrogen (secondary N) is 2. The lowest BCUT2D eigenvalue weighted by Gasteiger charge is -2.16. The number of carbonyl (C=O) groups is 2. The molecule has 0 radical (unpaired) electrons. The van der Waals surface area contributed by atoms with E-state index >= 15 is 0 Å². The Hall–Kier alpha value is -3.02. The van der Waals surface area contributed by atoms with Crippen molar-refractivity contribution in [2.75, 3.05) is 19.5 Å². The zero-order valence-electron chi connectivity index (χ0n) is 14.9. The third-order valence-corrected chi connectivity index (χ3v) is 4.56. The number of methoxy groups -OCH3 is 2. The van der Waals surface area contributed by atoms with E-state index in [0.717, 1.165) is 5.56 Å². The molecule has 0 atom stereocenters. The first-order chi connectivity index (χ1) is 12.6. The van der Waals surface area contributed by atoms with Crippen molar-refractivity contribution in [3.63, 3.8) is 0 Å². The molecule has 0 saturated heterocycles. The monoisotopic (exact) mass is 354 g/mol. The summed E-state index contributed by atoms with van der Waals surface area (Å²) in [5.41, 5.74) is 0.578. The summed E-state index contributed by atoms with van der Waals surface area (Å²) in [5.74, 6) is 0.561. The molecule has 6 heteroatoms. The van der Waals surface area contributed by atoms with Gasteiger partial charge in [0.15, 0.2) is 11.5 Å². The summed E-state index contributed by atoms with van der Waals surface area (Å²) in [6.45, 7) is 0.408. The normalized spacial score (nSPS) is 14.2. The topological polar surface area (TPSA) is 76.7 Å². The predicted octanol–water partition coefficient (Wildman–Crippen LogP) is 2.74. The van der Waals surface area contributed by atoms with Crippen LogP contribution in [0.5, 0.6) is 11.5 Å². The summed E-state index contributed by atoms with van der Waals surface area (Å²) in [6.07, 6.45) is 1.10. The van der Waals surface area contributed by atoms with E-state index in [2.05, 4.69) is 10.6 Å². The molecule has 1 saturated carbocycles. The quantitative estimate of drug-likeness (QED) is 0.750. The molecule has 26 heavy (non-hydrogen) atoms. The fourth-order valence-electron chi connectivity index (χ4n) is 2.79. The molecule has 2 aromatic carbocycles. The average Bonchev–Trinajstić information content (AvgIpc) is 3.49. The molecule has 1 aliphatic carbocycles. The molecular weight excluding hydrogens is 332 g/mol. The molecule has 3 rings (SSSR count). The molecule has 2 amide bonds. The van der Waals surface area contributed by atoms with E-state index in [0.29, 0.717) is 36.6 Å². The molecule has 0 spiro atoms. The van der Waals surface area contributed by atoms with Crippen molar-refractivity contribution in [1.29, 1.82) is 0 Å². The molecule has 0 heterocycles. The van der Waals surface area contributed by atoms with Crippen LogP contribution in [-0.2, 0) is 16.1 Å². The lowest BCUT2D eigenvalue weighted by atomic mass is 10.0. The van der Waals surface area contributed by atoms with Gasteiger partial charge in [0, 0.05) is 18.3 Å². The second-order valence-electron chi connectivity index (χ2n) is 6.27. The summed E-state index contributed by atoms with van der Waals surface area (Å²) in [6, 6.07) is 14.7. The highest BCUT2D eigenvalue weighted by atomic mass is 16.5. The Morgan fingerprint density at radius 2 is 1.65 bits per heavy atom. The number of anilines is 1. The van der Waals surface area contributed by atoms with E-state index < -0.39 is 5.41 Å². The van der Waals surface area contributed by atoms with Crippen molar-refractivity contribution >= 4 is 17.5 Å². The Kier molecular flexibility index (Phi) is 5.11. The zero-order chi connectivity index (χ0) is 18.6. The highest BCUT2D eigenvalue weighted by Crippen LogP contribution is 2.47. The van der Waals surface area contributed by atoms with Gasteiger partial charge >= 0.3 is 0 Å². The molecule has 1 aliphatic rings. The SMILES string of the molecule is COc1ccc(NC(=O)C2(C(=O)NCc3ccccc3)CC2)cc1OC. The molecular formula is C20H22N2O4. The maximum Gasteiger partial charge on any atom is 0.240 e. The molecule has 0 bridgehead atoms. The van der Waals surface area contributed by atoms with Gasteiger partial charge in [0.2, 0.25) is 11.8 Å². The summed E-state index contributed by atoms with van der Waals surface area (Å²) in [7, 11) is 3.08. The minimum Gasteiger partial charge on any atom is -0.493 e. The molecule has 6 nitrogen and oxygen atoms in total. The largest absolute Gasteiger partial charge is 0.493 e. The van der Waals surface area contributed by atoms with E-state index in [4.69, 9.17) is 9.47 Å². The van der Waals surface area contributed by atoms with E-state index in [9.17, 15) is 9.59 Å². The van der Waals surface area contributed by atoms with Crippen molar-refractivity contribution in [2.24, 2.45) is 5.41 Å². The molecule has 0 unspecified atom stereocenters. The van der Waals surface area contributed by atoms with E-state index in [-0.39, 0.29) is 11.8 Å². The van der Waals surface area contributed by atoms with E-state index in [1.807, 2.05) is 30.3 Å². The smallest absolute Gasteiger partial charge is 0.240 e. The van der Waals surface area contributed by atoms with Crippen LogP contribution in [0.4, 0.5) is 5.69 Å². The van der Waals surface area contributed by atoms with Gasteiger partial charge in [-0.15, -0.1) is 0 Å². The average molecular weight is 354 g/mol. The van der Waals surface area contributed by atoms with Crippen LogP contribution in [0.3, 0.4) is 0 Å². The Labute approximate surface area is 152 Å². The number of rotatable bonds is 7. The van der Waals surface area contributed by atoms with Gasteiger partial charge < -0.3 is 20.1 Å². The van der Waals surface area contributed by atoms with Crippen molar-refractivity contribution < 1.29 is 19.1 Å². The first kappa shape index (κ1) is 17.8. The maximum absolute atomic E-state index is 12.7. The Morgan fingerprint density at radius 1 is 0.962 bits per heavy atom. The summed E-state index contributed by atoms with van der Waals surface area (Å²) in [5, 5.41) is 5.68. The van der Waals surface area contributed by atoms with Crippen molar-refractivity contribution in [2.45, 2.75) is 19.4 Å². The summed E-state index contributed by atoms with van der Waals surface area (Å²) in [4.78, 5) is 25.2. The third-order valence-electron chi connectivity index (χ3n) is 4.56. The molecule has 0 aliphatic heterocycles. The van der Waals surface area contributed by atoms with Gasteiger partial charge in [-0.2, -0.15) is 0 Å². The number of carbonyl (C=O) groups excluding carboxylic acids is 2. The number of benzene rings is 2. The summed E-state index contributed by atoms with van der Waals surface area (Å²) < 4.78 is 10.4. The van der Waals surface area contributed by atoms with Crippen LogP contribution >= 0.6 is 0 Å². The van der Waals surface area contributed by atoms with E-state index in [1.54, 1.807) is 25.3 Å². The van der Waals surface area contributed by atoms with Gasteiger partial charge in [0.1, 0.15) is 5.41 Å². The van der Waals surface area contributed by atoms with Crippen molar-refractivity contribution in [3.8, 4) is 11.5 Å². The van der Waals surface area contributed by atoms with Crippen LogP contribution in [0.15, 0.2) is 48.5 Å². The van der Waals surface area contributed by atoms with Gasteiger partial charge in [-0.05, 0) is 30.5 Å². The molecule has 136 valence electrons. The van der Waals surface area contributed by atoms with Crippen molar-refractivity contribution in [3.05, 3.63) is 54.1 Å². The first-order valence-corrected chi connectivity index (χ1v) is 8.45. The maximum atomic E-state index is 12.7. The van der Waals surface area contributed by atoms with Crippen LogP contribution < -0.4 is 20.1 Å². The fraction of sp³-hybridized carbons (Fsp3) is 0.300. The standard InChI is InChI=1S/C20H22N2O4/c1-25-16-9-8-15(12-17(16)26-2)22-19(24)20(10-11-20)18(23)21-13-14-6-4-3-5-7-14/h3-9,12H,10-11,13H2,1-2H3,(H,21,23)(H,22,24). The van der Waals surface area contributed by atoms with E-state index in [1.165, 1.54) is 7.11 Å². The zero-order valence-corrected chi connectivity index (χ0v) is 14.9. The van der Waals surface area contributed by atoms with Crippen LogP contribution in [0.25, 0.3) is 0 Å².